The molecule has 6 rings (SSSR count). The van der Waals surface area contributed by atoms with Crippen molar-refractivity contribution in [2.24, 2.45) is 11.3 Å². The summed E-state index contributed by atoms with van der Waals surface area (Å²) in [6, 6.07) is 8.32. The molecule has 0 unspecified atom stereocenters. The molecule has 14 nitrogen and oxygen atoms in total. The van der Waals surface area contributed by atoms with E-state index in [4.69, 9.17) is 4.74 Å². The molecule has 4 amide bonds. The number of benzene rings is 2. The molecule has 5 atom stereocenters. The highest BCUT2D eigenvalue weighted by Crippen LogP contribution is 2.47. The SMILES string of the molecule is CC[C@@H]1C[C@]1(NC(=O)[C@@H]1C[C@@H](OC(=O)N2Cc3cccc(F)c3C2)CN1C(=O)[C@@H](Nc1cccc(C(=O)O)c1)C(C)(C)C)C(=O)NS(=O)(=O)C1CC1. The Morgan fingerprint density at radius 3 is 2.40 bits per heavy atom. The number of rotatable bonds is 11. The van der Waals surface area contributed by atoms with Gasteiger partial charge in [-0.05, 0) is 60.4 Å². The van der Waals surface area contributed by atoms with Crippen LogP contribution in [0, 0.1) is 17.2 Å². The van der Waals surface area contributed by atoms with E-state index in [0.29, 0.717) is 36.1 Å². The summed E-state index contributed by atoms with van der Waals surface area (Å²) in [6.07, 6.45) is -0.259. The molecule has 2 heterocycles. The molecule has 2 saturated carbocycles. The first-order chi connectivity index (χ1) is 24.4. The van der Waals surface area contributed by atoms with Gasteiger partial charge < -0.3 is 25.4 Å². The number of carbonyl (C=O) groups excluding carboxylic acids is 4. The van der Waals surface area contributed by atoms with E-state index in [9.17, 15) is 41.9 Å². The molecular weight excluding hydrogens is 697 g/mol. The Morgan fingerprint density at radius 1 is 1.08 bits per heavy atom. The van der Waals surface area contributed by atoms with Crippen molar-refractivity contribution in [3.63, 3.8) is 0 Å². The van der Waals surface area contributed by atoms with E-state index in [1.54, 1.807) is 39.0 Å². The van der Waals surface area contributed by atoms with Crippen molar-refractivity contribution in [2.75, 3.05) is 11.9 Å². The molecule has 0 spiro atoms. The topological polar surface area (TPSA) is 192 Å². The van der Waals surface area contributed by atoms with Gasteiger partial charge in [-0.15, -0.1) is 0 Å². The number of amides is 4. The summed E-state index contributed by atoms with van der Waals surface area (Å²) in [5, 5.41) is 14.8. The quantitative estimate of drug-likeness (QED) is 0.266. The van der Waals surface area contributed by atoms with E-state index in [-0.39, 0.29) is 44.0 Å². The Balaban J connectivity index is 1.25. The molecule has 4 N–H and O–H groups in total. The number of aromatic carboxylic acids is 1. The first-order valence-corrected chi connectivity index (χ1v) is 19.0. The van der Waals surface area contributed by atoms with E-state index in [1.165, 1.54) is 34.1 Å². The third-order valence-electron chi connectivity index (χ3n) is 10.4. The van der Waals surface area contributed by atoms with Gasteiger partial charge in [0.05, 0.1) is 23.9 Å². The smallest absolute Gasteiger partial charge is 0.410 e. The van der Waals surface area contributed by atoms with Crippen molar-refractivity contribution < 1.29 is 46.6 Å². The number of nitrogens with one attached hydrogen (secondary N) is 3. The van der Waals surface area contributed by atoms with Crippen LogP contribution in [0.2, 0.25) is 0 Å². The molecule has 3 fully saturated rings. The van der Waals surface area contributed by atoms with Gasteiger partial charge in [-0.2, -0.15) is 0 Å². The first-order valence-electron chi connectivity index (χ1n) is 17.4. The molecule has 280 valence electrons. The molecular formula is C36H44FN5O9S. The van der Waals surface area contributed by atoms with Crippen LogP contribution in [0.15, 0.2) is 42.5 Å². The average Bonchev–Trinajstić information content (AvgIpc) is 3.97. The van der Waals surface area contributed by atoms with E-state index < -0.39 is 80.0 Å². The van der Waals surface area contributed by atoms with Crippen LogP contribution in [0.5, 0.6) is 0 Å². The predicted octanol–water partition coefficient (Wildman–Crippen LogP) is 3.37. The molecule has 2 aromatic rings. The van der Waals surface area contributed by atoms with Crippen LogP contribution in [-0.2, 0) is 42.2 Å². The molecule has 52 heavy (non-hydrogen) atoms. The van der Waals surface area contributed by atoms with Gasteiger partial charge in [-0.3, -0.25) is 24.0 Å². The highest BCUT2D eigenvalue weighted by Gasteiger charge is 2.62. The lowest BCUT2D eigenvalue weighted by molar-refractivity contribution is -0.141. The molecule has 2 aliphatic carbocycles. The van der Waals surface area contributed by atoms with Crippen LogP contribution in [0.1, 0.15) is 81.3 Å². The Kier molecular flexibility index (Phi) is 9.74. The lowest BCUT2D eigenvalue weighted by atomic mass is 9.85. The molecule has 0 radical (unpaired) electrons. The highest BCUT2D eigenvalue weighted by atomic mass is 32.2. The van der Waals surface area contributed by atoms with E-state index in [0.717, 1.165) is 0 Å². The number of likely N-dealkylation sites (tertiary alicyclic amines) is 1. The molecule has 0 aromatic heterocycles. The van der Waals surface area contributed by atoms with Crippen LogP contribution in [0.25, 0.3) is 0 Å². The number of carboxylic acid groups (broad SMARTS) is 1. The number of hydrogen-bond acceptors (Lipinski definition) is 9. The fourth-order valence-corrected chi connectivity index (χ4v) is 8.48. The zero-order valence-corrected chi connectivity index (χ0v) is 30.3. The number of hydrogen-bond donors (Lipinski definition) is 4. The molecule has 1 saturated heterocycles. The number of carboxylic acids is 1. The van der Waals surface area contributed by atoms with Crippen LogP contribution >= 0.6 is 0 Å². The average molecular weight is 742 g/mol. The van der Waals surface area contributed by atoms with Crippen LogP contribution < -0.4 is 15.4 Å². The van der Waals surface area contributed by atoms with Crippen LogP contribution in [0.3, 0.4) is 0 Å². The summed E-state index contributed by atoms with van der Waals surface area (Å²) in [7, 11) is -3.90. The number of sulfonamides is 1. The van der Waals surface area contributed by atoms with Crippen LogP contribution in [0.4, 0.5) is 14.9 Å². The van der Waals surface area contributed by atoms with E-state index >= 15 is 0 Å². The summed E-state index contributed by atoms with van der Waals surface area (Å²) in [5.74, 6) is -4.01. The summed E-state index contributed by atoms with van der Waals surface area (Å²) >= 11 is 0. The normalized spacial score (nSPS) is 24.4. The van der Waals surface area contributed by atoms with E-state index in [1.807, 2.05) is 6.92 Å². The van der Waals surface area contributed by atoms with Crippen LogP contribution in [-0.4, -0.2) is 88.6 Å². The van der Waals surface area contributed by atoms with E-state index in [2.05, 4.69) is 15.4 Å². The Hall–Kier alpha value is -4.73. The maximum atomic E-state index is 14.5. The van der Waals surface area contributed by atoms with Crippen molar-refractivity contribution in [3.05, 3.63) is 65.0 Å². The summed E-state index contributed by atoms with van der Waals surface area (Å²) in [5.41, 5.74) is -0.893. The minimum absolute atomic E-state index is 0.00152. The van der Waals surface area contributed by atoms with Gasteiger partial charge in [0, 0.05) is 24.2 Å². The van der Waals surface area contributed by atoms with Crippen molar-refractivity contribution in [3.8, 4) is 0 Å². The Labute approximate surface area is 301 Å². The minimum Gasteiger partial charge on any atom is -0.478 e. The Morgan fingerprint density at radius 2 is 1.79 bits per heavy atom. The highest BCUT2D eigenvalue weighted by molar-refractivity contribution is 7.91. The molecule has 2 aromatic carbocycles. The number of fused-ring (bicyclic) bond motifs is 1. The molecule has 4 aliphatic rings. The standard InChI is InChI=1S/C36H44FN5O9S/c1-5-22-16-36(22,33(47)40-52(49,50)25-12-13-25)39-30(43)28-15-24(51-34(48)41-17-21-9-7-11-27(37)26(21)19-41)18-42(28)31(44)29(35(2,3)4)38-23-10-6-8-20(14-23)32(45)46/h6-11,14,22,24-25,28-29,38H,5,12-13,15-19H2,1-4H3,(H,39,43)(H,40,47)(H,45,46)/t22-,24-,28+,29-,36-/m1/s1. The maximum absolute atomic E-state index is 14.5. The molecule has 0 bridgehead atoms. The summed E-state index contributed by atoms with van der Waals surface area (Å²) in [6.45, 7) is 7.14. The monoisotopic (exact) mass is 741 g/mol. The number of nitrogens with zero attached hydrogens (tertiary/aromatic N) is 2. The fourth-order valence-electron chi connectivity index (χ4n) is 7.12. The zero-order valence-electron chi connectivity index (χ0n) is 29.5. The zero-order chi connectivity index (χ0) is 37.7. The maximum Gasteiger partial charge on any atom is 0.410 e. The third kappa shape index (κ3) is 7.43. The summed E-state index contributed by atoms with van der Waals surface area (Å²) in [4.78, 5) is 69.8. The van der Waals surface area contributed by atoms with Gasteiger partial charge in [0.1, 0.15) is 29.5 Å². The predicted molar refractivity (Wildman–Crippen MR) is 186 cm³/mol. The van der Waals surface area contributed by atoms with Gasteiger partial charge in [0.25, 0.3) is 5.91 Å². The lowest BCUT2D eigenvalue weighted by Gasteiger charge is -2.36. The largest absolute Gasteiger partial charge is 0.478 e. The van der Waals surface area contributed by atoms with Crippen molar-refractivity contribution in [1.82, 2.24) is 19.8 Å². The number of halogens is 1. The van der Waals surface area contributed by atoms with Gasteiger partial charge in [0.2, 0.25) is 21.8 Å². The Bertz CT molecular complexity index is 1910. The second kappa shape index (κ2) is 13.7. The van der Waals surface area contributed by atoms with Gasteiger partial charge in [-0.1, -0.05) is 52.3 Å². The first kappa shape index (κ1) is 37.0. The number of ether oxygens (including phenoxy) is 1. The second-order valence-corrected chi connectivity index (χ2v) is 17.2. The van der Waals surface area contributed by atoms with Crippen molar-refractivity contribution >= 4 is 45.5 Å². The molecule has 2 aliphatic heterocycles. The molecule has 16 heteroatoms. The minimum atomic E-state index is -3.90. The number of anilines is 1. The third-order valence-corrected chi connectivity index (χ3v) is 12.2. The van der Waals surface area contributed by atoms with Gasteiger partial charge in [0.15, 0.2) is 0 Å². The summed E-state index contributed by atoms with van der Waals surface area (Å²) < 4.78 is 47.7. The lowest BCUT2D eigenvalue weighted by Crippen LogP contribution is -2.58. The number of carbonyl (C=O) groups is 5. The fraction of sp³-hybridized carbons (Fsp3) is 0.528. The van der Waals surface area contributed by atoms with Gasteiger partial charge >= 0.3 is 12.1 Å². The second-order valence-electron chi connectivity index (χ2n) is 15.3. The van der Waals surface area contributed by atoms with Crippen molar-refractivity contribution in [1.29, 1.82) is 0 Å². The van der Waals surface area contributed by atoms with Crippen molar-refractivity contribution in [2.45, 2.75) is 102 Å². The van der Waals surface area contributed by atoms with Gasteiger partial charge in [-0.25, -0.2) is 22.4 Å².